The van der Waals surface area contributed by atoms with Gasteiger partial charge >= 0.3 is 0 Å². The van der Waals surface area contributed by atoms with E-state index in [0.717, 1.165) is 30.7 Å². The smallest absolute Gasteiger partial charge is 0.220 e. The summed E-state index contributed by atoms with van der Waals surface area (Å²) in [6.45, 7) is 5.40. The zero-order chi connectivity index (χ0) is 15.2. The number of benzene rings is 1. The number of rotatable bonds is 5. The first-order valence-corrected chi connectivity index (χ1v) is 7.76. The molecule has 0 aromatic heterocycles. The lowest BCUT2D eigenvalue weighted by Gasteiger charge is -2.36. The topological polar surface area (TPSA) is 50.4 Å². The van der Waals surface area contributed by atoms with E-state index in [1.165, 1.54) is 0 Å². The van der Waals surface area contributed by atoms with Gasteiger partial charge in [-0.2, -0.15) is 0 Å². The van der Waals surface area contributed by atoms with E-state index < -0.39 is 0 Å². The normalized spacial score (nSPS) is 25.4. The van der Waals surface area contributed by atoms with Crippen molar-refractivity contribution in [2.75, 3.05) is 13.7 Å². The Bertz CT molecular complexity index is 448. The van der Waals surface area contributed by atoms with Crippen molar-refractivity contribution in [1.29, 1.82) is 0 Å². The van der Waals surface area contributed by atoms with Gasteiger partial charge < -0.3 is 15.4 Å². The van der Waals surface area contributed by atoms with Crippen molar-refractivity contribution in [2.24, 2.45) is 5.92 Å². The van der Waals surface area contributed by atoms with Crippen LogP contribution in [0.15, 0.2) is 24.3 Å². The average molecular weight is 290 g/mol. The van der Waals surface area contributed by atoms with E-state index in [0.29, 0.717) is 18.4 Å². The maximum Gasteiger partial charge on any atom is 0.220 e. The fourth-order valence-electron chi connectivity index (χ4n) is 2.91. The van der Waals surface area contributed by atoms with Crippen molar-refractivity contribution in [3.05, 3.63) is 29.8 Å². The molecule has 2 rings (SSSR count). The van der Waals surface area contributed by atoms with E-state index in [1.807, 2.05) is 24.3 Å². The molecule has 1 aliphatic heterocycles. The third-order valence-corrected chi connectivity index (χ3v) is 4.35. The Labute approximate surface area is 127 Å². The van der Waals surface area contributed by atoms with Gasteiger partial charge in [0.1, 0.15) is 5.75 Å². The summed E-state index contributed by atoms with van der Waals surface area (Å²) in [4.78, 5) is 12.1. The summed E-state index contributed by atoms with van der Waals surface area (Å²) in [5, 5.41) is 6.61. The molecular formula is C17H26N2O2. The molecule has 0 aliphatic carbocycles. The second kappa shape index (κ2) is 7.46. The first kappa shape index (κ1) is 15.8. The summed E-state index contributed by atoms with van der Waals surface area (Å²) in [7, 11) is 1.66. The molecule has 3 atom stereocenters. The van der Waals surface area contributed by atoms with Gasteiger partial charge in [0.25, 0.3) is 0 Å². The van der Waals surface area contributed by atoms with Gasteiger partial charge in [-0.15, -0.1) is 0 Å². The lowest BCUT2D eigenvalue weighted by atomic mass is 9.89. The van der Waals surface area contributed by atoms with Crippen LogP contribution < -0.4 is 15.4 Å². The van der Waals surface area contributed by atoms with E-state index in [9.17, 15) is 4.79 Å². The average Bonchev–Trinajstić information content (AvgIpc) is 2.49. The van der Waals surface area contributed by atoms with Crippen LogP contribution in [0.5, 0.6) is 5.75 Å². The van der Waals surface area contributed by atoms with Crippen molar-refractivity contribution >= 4 is 5.91 Å². The highest BCUT2D eigenvalue weighted by Crippen LogP contribution is 2.17. The summed E-state index contributed by atoms with van der Waals surface area (Å²) in [6, 6.07) is 8.48. The Kier molecular flexibility index (Phi) is 5.62. The van der Waals surface area contributed by atoms with Crippen molar-refractivity contribution in [3.63, 3.8) is 0 Å². The predicted molar refractivity (Wildman–Crippen MR) is 84.5 cm³/mol. The molecule has 1 aromatic rings. The first-order valence-electron chi connectivity index (χ1n) is 7.76. The summed E-state index contributed by atoms with van der Waals surface area (Å²) in [6.07, 6.45) is 2.41. The quantitative estimate of drug-likeness (QED) is 0.873. The van der Waals surface area contributed by atoms with Crippen LogP contribution in [-0.4, -0.2) is 31.6 Å². The SMILES string of the molecule is COc1ccc(CCC(=O)NC2C(C)CCNC2C)cc1. The van der Waals surface area contributed by atoms with Crippen molar-refractivity contribution in [1.82, 2.24) is 10.6 Å². The number of carbonyl (C=O) groups excluding carboxylic acids is 1. The zero-order valence-electron chi connectivity index (χ0n) is 13.2. The fraction of sp³-hybridized carbons (Fsp3) is 0.588. The molecule has 1 aromatic carbocycles. The highest BCUT2D eigenvalue weighted by Gasteiger charge is 2.28. The van der Waals surface area contributed by atoms with E-state index in [1.54, 1.807) is 7.11 Å². The van der Waals surface area contributed by atoms with Gasteiger partial charge in [0.2, 0.25) is 5.91 Å². The molecule has 1 saturated heterocycles. The molecule has 0 spiro atoms. The van der Waals surface area contributed by atoms with Gasteiger partial charge in [-0.1, -0.05) is 19.1 Å². The minimum absolute atomic E-state index is 0.137. The maximum atomic E-state index is 12.1. The predicted octanol–water partition coefficient (Wildman–Crippen LogP) is 2.13. The lowest BCUT2D eigenvalue weighted by molar-refractivity contribution is -0.122. The number of methoxy groups -OCH3 is 1. The monoisotopic (exact) mass is 290 g/mol. The number of amides is 1. The molecule has 3 unspecified atom stereocenters. The number of piperidine rings is 1. The van der Waals surface area contributed by atoms with Gasteiger partial charge in [-0.3, -0.25) is 4.79 Å². The standard InChI is InChI=1S/C17H26N2O2/c1-12-10-11-18-13(2)17(12)19-16(20)9-6-14-4-7-15(21-3)8-5-14/h4-5,7-8,12-13,17-18H,6,9-11H2,1-3H3,(H,19,20). The molecule has 1 amide bonds. The van der Waals surface area contributed by atoms with E-state index in [2.05, 4.69) is 24.5 Å². The summed E-state index contributed by atoms with van der Waals surface area (Å²) < 4.78 is 5.13. The molecule has 0 radical (unpaired) electrons. The minimum atomic E-state index is 0.137. The molecule has 2 N–H and O–H groups in total. The molecule has 0 bridgehead atoms. The molecule has 4 heteroatoms. The van der Waals surface area contributed by atoms with Crippen molar-refractivity contribution < 1.29 is 9.53 Å². The second-order valence-electron chi connectivity index (χ2n) is 5.95. The summed E-state index contributed by atoms with van der Waals surface area (Å²) >= 11 is 0. The third-order valence-electron chi connectivity index (χ3n) is 4.35. The van der Waals surface area contributed by atoms with Gasteiger partial charge in [-0.25, -0.2) is 0 Å². The Morgan fingerprint density at radius 2 is 2.05 bits per heavy atom. The number of hydrogen-bond donors (Lipinski definition) is 2. The van der Waals surface area contributed by atoms with Crippen LogP contribution in [0.1, 0.15) is 32.3 Å². The van der Waals surface area contributed by atoms with E-state index in [4.69, 9.17) is 4.74 Å². The Morgan fingerprint density at radius 3 is 2.67 bits per heavy atom. The van der Waals surface area contributed by atoms with Crippen LogP contribution in [0, 0.1) is 5.92 Å². The second-order valence-corrected chi connectivity index (χ2v) is 5.95. The van der Waals surface area contributed by atoms with E-state index >= 15 is 0 Å². The van der Waals surface area contributed by atoms with Gasteiger partial charge in [0.05, 0.1) is 7.11 Å². The van der Waals surface area contributed by atoms with Crippen molar-refractivity contribution in [3.8, 4) is 5.75 Å². The fourth-order valence-corrected chi connectivity index (χ4v) is 2.91. The number of nitrogens with one attached hydrogen (secondary N) is 2. The van der Waals surface area contributed by atoms with Crippen LogP contribution in [-0.2, 0) is 11.2 Å². The largest absolute Gasteiger partial charge is 0.497 e. The lowest BCUT2D eigenvalue weighted by Crippen LogP contribution is -2.55. The summed E-state index contributed by atoms with van der Waals surface area (Å²) in [5.41, 5.74) is 1.16. The van der Waals surface area contributed by atoms with Crippen LogP contribution in [0.25, 0.3) is 0 Å². The van der Waals surface area contributed by atoms with Gasteiger partial charge in [0, 0.05) is 18.5 Å². The highest BCUT2D eigenvalue weighted by molar-refractivity contribution is 5.76. The van der Waals surface area contributed by atoms with Crippen molar-refractivity contribution in [2.45, 2.75) is 45.2 Å². The highest BCUT2D eigenvalue weighted by atomic mass is 16.5. The van der Waals surface area contributed by atoms with Crippen LogP contribution in [0.2, 0.25) is 0 Å². The molecule has 1 heterocycles. The zero-order valence-corrected chi connectivity index (χ0v) is 13.2. The molecular weight excluding hydrogens is 264 g/mol. The molecule has 4 nitrogen and oxygen atoms in total. The first-order chi connectivity index (χ1) is 10.1. The van der Waals surface area contributed by atoms with Gasteiger partial charge in [-0.05, 0) is 49.9 Å². The Hall–Kier alpha value is -1.55. The molecule has 0 saturated carbocycles. The molecule has 21 heavy (non-hydrogen) atoms. The van der Waals surface area contributed by atoms with Crippen LogP contribution >= 0.6 is 0 Å². The number of hydrogen-bond acceptors (Lipinski definition) is 3. The summed E-state index contributed by atoms with van der Waals surface area (Å²) in [5.74, 6) is 1.52. The van der Waals surface area contributed by atoms with Crippen LogP contribution in [0.3, 0.4) is 0 Å². The van der Waals surface area contributed by atoms with Crippen LogP contribution in [0.4, 0.5) is 0 Å². The van der Waals surface area contributed by atoms with Gasteiger partial charge in [0.15, 0.2) is 0 Å². The van der Waals surface area contributed by atoms with E-state index in [-0.39, 0.29) is 11.9 Å². The number of carbonyl (C=O) groups is 1. The Balaban J connectivity index is 1.81. The number of aryl methyl sites for hydroxylation is 1. The Morgan fingerprint density at radius 1 is 1.33 bits per heavy atom. The third kappa shape index (κ3) is 4.46. The molecule has 1 aliphatic rings. The molecule has 1 fully saturated rings. The molecule has 116 valence electrons. The minimum Gasteiger partial charge on any atom is -0.497 e. The maximum absolute atomic E-state index is 12.1. The number of ether oxygens (including phenoxy) is 1.